The molecule has 0 radical (unpaired) electrons. The maximum atomic E-state index is 5.55. The van der Waals surface area contributed by atoms with Gasteiger partial charge in [0.25, 0.3) is 0 Å². The van der Waals surface area contributed by atoms with E-state index in [0.29, 0.717) is 5.88 Å². The third kappa shape index (κ3) is 3.30. The largest absolute Gasteiger partial charge is 0.475 e. The van der Waals surface area contributed by atoms with Crippen molar-refractivity contribution in [1.29, 1.82) is 0 Å². The minimum Gasteiger partial charge on any atom is -0.475 e. The van der Waals surface area contributed by atoms with Crippen LogP contribution in [0, 0.1) is 0 Å². The van der Waals surface area contributed by atoms with E-state index in [1.54, 1.807) is 0 Å². The van der Waals surface area contributed by atoms with Crippen LogP contribution < -0.4 is 15.4 Å². The lowest BCUT2D eigenvalue weighted by molar-refractivity contribution is 0.232. The fraction of sp³-hybridized carbons (Fsp3) is 0.667. The van der Waals surface area contributed by atoms with Crippen LogP contribution in [-0.4, -0.2) is 34.7 Å². The van der Waals surface area contributed by atoms with Crippen LogP contribution in [0.4, 0.5) is 5.82 Å². The first-order valence-electron chi connectivity index (χ1n) is 6.05. The molecule has 1 fully saturated rings. The second-order valence-electron chi connectivity index (χ2n) is 5.02. The topological polar surface area (TPSA) is 59.1 Å². The molecule has 5 heteroatoms. The molecular weight excluding hydrogens is 216 g/mol. The van der Waals surface area contributed by atoms with E-state index in [4.69, 9.17) is 4.74 Å². The van der Waals surface area contributed by atoms with E-state index in [0.717, 1.165) is 25.3 Å². The Hall–Kier alpha value is -1.36. The number of nitrogens with zero attached hydrogens (tertiary/aromatic N) is 2. The van der Waals surface area contributed by atoms with Gasteiger partial charge in [0.2, 0.25) is 5.88 Å². The fourth-order valence-corrected chi connectivity index (χ4v) is 1.95. The summed E-state index contributed by atoms with van der Waals surface area (Å²) in [4.78, 5) is 8.31. The zero-order chi connectivity index (χ0) is 12.3. The quantitative estimate of drug-likeness (QED) is 0.828. The van der Waals surface area contributed by atoms with Gasteiger partial charge in [-0.3, -0.25) is 0 Å². The number of nitrogens with one attached hydrogen (secondary N) is 2. The molecule has 5 nitrogen and oxygen atoms in total. The maximum Gasteiger partial charge on any atom is 0.218 e. The molecule has 1 aromatic rings. The molecule has 0 amide bonds. The van der Waals surface area contributed by atoms with Gasteiger partial charge in [0.05, 0.1) is 6.10 Å². The monoisotopic (exact) mass is 236 g/mol. The van der Waals surface area contributed by atoms with Crippen LogP contribution in [0.1, 0.15) is 27.2 Å². The molecule has 1 atom stereocenters. The van der Waals surface area contributed by atoms with Gasteiger partial charge in [0, 0.05) is 18.2 Å². The molecule has 2 heterocycles. The third-order valence-electron chi connectivity index (χ3n) is 2.80. The number of hydrogen-bond donors (Lipinski definition) is 2. The molecule has 1 aliphatic heterocycles. The van der Waals surface area contributed by atoms with Gasteiger partial charge < -0.3 is 15.4 Å². The zero-order valence-electron chi connectivity index (χ0n) is 10.7. The van der Waals surface area contributed by atoms with Crippen molar-refractivity contribution in [2.24, 2.45) is 0 Å². The molecule has 2 N–H and O–H groups in total. The predicted octanol–water partition coefficient (Wildman–Crippen LogP) is 1.43. The zero-order valence-corrected chi connectivity index (χ0v) is 10.7. The predicted molar refractivity (Wildman–Crippen MR) is 67.3 cm³/mol. The highest BCUT2D eigenvalue weighted by Crippen LogP contribution is 2.21. The van der Waals surface area contributed by atoms with Crippen molar-refractivity contribution in [3.63, 3.8) is 0 Å². The second-order valence-corrected chi connectivity index (χ2v) is 5.02. The van der Waals surface area contributed by atoms with Crippen molar-refractivity contribution in [3.8, 4) is 5.88 Å². The lowest BCUT2D eigenvalue weighted by Gasteiger charge is -2.25. The number of hydrogen-bond acceptors (Lipinski definition) is 5. The minimum atomic E-state index is 0.0729. The van der Waals surface area contributed by atoms with Gasteiger partial charge in [-0.2, -0.15) is 0 Å². The number of ether oxygens (including phenoxy) is 1. The van der Waals surface area contributed by atoms with Gasteiger partial charge >= 0.3 is 0 Å². The summed E-state index contributed by atoms with van der Waals surface area (Å²) in [5.74, 6) is 1.44. The number of aromatic nitrogens is 2. The molecule has 17 heavy (non-hydrogen) atoms. The Morgan fingerprint density at radius 1 is 1.47 bits per heavy atom. The molecule has 0 aromatic carbocycles. The third-order valence-corrected chi connectivity index (χ3v) is 2.80. The van der Waals surface area contributed by atoms with E-state index in [1.165, 1.54) is 6.33 Å². The molecule has 2 rings (SSSR count). The summed E-state index contributed by atoms with van der Waals surface area (Å²) in [6.07, 6.45) is 2.75. The van der Waals surface area contributed by atoms with E-state index in [9.17, 15) is 0 Å². The maximum absolute atomic E-state index is 5.55. The Morgan fingerprint density at radius 3 is 2.94 bits per heavy atom. The second kappa shape index (κ2) is 4.87. The van der Waals surface area contributed by atoms with Crippen LogP contribution in [0.15, 0.2) is 12.4 Å². The molecule has 1 aromatic heterocycles. The first-order chi connectivity index (χ1) is 8.07. The van der Waals surface area contributed by atoms with Crippen molar-refractivity contribution in [1.82, 2.24) is 15.3 Å². The van der Waals surface area contributed by atoms with Crippen LogP contribution in [0.3, 0.4) is 0 Å². The summed E-state index contributed by atoms with van der Waals surface area (Å²) in [5.41, 5.74) is 0.0729. The molecule has 1 unspecified atom stereocenters. The summed E-state index contributed by atoms with van der Waals surface area (Å²) in [5, 5.41) is 6.78. The first kappa shape index (κ1) is 12.1. The number of anilines is 1. The van der Waals surface area contributed by atoms with E-state index in [1.807, 2.05) is 19.9 Å². The van der Waals surface area contributed by atoms with Gasteiger partial charge in [-0.1, -0.05) is 0 Å². The Morgan fingerprint density at radius 2 is 2.29 bits per heavy atom. The van der Waals surface area contributed by atoms with Crippen LogP contribution in [0.5, 0.6) is 5.88 Å². The average Bonchev–Trinajstić information content (AvgIpc) is 2.64. The van der Waals surface area contributed by atoms with Crippen molar-refractivity contribution >= 4 is 5.82 Å². The van der Waals surface area contributed by atoms with Crippen molar-refractivity contribution in [2.45, 2.75) is 38.8 Å². The SMILES string of the molecule is CC(C)Oc1cc(NC2(C)CCNC2)ncn1. The average molecular weight is 236 g/mol. The Bertz CT molecular complexity index is 375. The molecule has 0 spiro atoms. The molecule has 0 aliphatic carbocycles. The normalized spacial score (nSPS) is 24.0. The van der Waals surface area contributed by atoms with E-state index in [-0.39, 0.29) is 11.6 Å². The van der Waals surface area contributed by atoms with Gasteiger partial charge in [-0.05, 0) is 33.7 Å². The van der Waals surface area contributed by atoms with E-state index < -0.39 is 0 Å². The minimum absolute atomic E-state index is 0.0729. The highest BCUT2D eigenvalue weighted by molar-refractivity contribution is 5.40. The lowest BCUT2D eigenvalue weighted by atomic mass is 10.0. The van der Waals surface area contributed by atoms with Crippen LogP contribution in [0.2, 0.25) is 0 Å². The van der Waals surface area contributed by atoms with E-state index >= 15 is 0 Å². The van der Waals surface area contributed by atoms with Gasteiger partial charge in [-0.25, -0.2) is 9.97 Å². The fourth-order valence-electron chi connectivity index (χ4n) is 1.95. The molecular formula is C12H20N4O. The summed E-state index contributed by atoms with van der Waals surface area (Å²) in [6, 6.07) is 1.85. The van der Waals surface area contributed by atoms with Crippen LogP contribution in [-0.2, 0) is 0 Å². The van der Waals surface area contributed by atoms with Gasteiger partial charge in [0.15, 0.2) is 0 Å². The molecule has 1 aliphatic rings. The highest BCUT2D eigenvalue weighted by Gasteiger charge is 2.28. The summed E-state index contributed by atoms with van der Waals surface area (Å²) in [7, 11) is 0. The van der Waals surface area contributed by atoms with Crippen LogP contribution in [0.25, 0.3) is 0 Å². The van der Waals surface area contributed by atoms with Crippen LogP contribution >= 0.6 is 0 Å². The number of rotatable bonds is 4. The standard InChI is InChI=1S/C12H20N4O/c1-9(2)17-11-6-10(14-8-15-11)16-12(3)4-5-13-7-12/h6,8-9,13H,4-5,7H2,1-3H3,(H,14,15,16). The van der Waals surface area contributed by atoms with Gasteiger partial charge in [-0.15, -0.1) is 0 Å². The Kier molecular flexibility index (Phi) is 3.47. The van der Waals surface area contributed by atoms with Crippen molar-refractivity contribution < 1.29 is 4.74 Å². The lowest BCUT2D eigenvalue weighted by Crippen LogP contribution is -2.37. The molecule has 94 valence electrons. The van der Waals surface area contributed by atoms with Gasteiger partial charge in [0.1, 0.15) is 12.1 Å². The highest BCUT2D eigenvalue weighted by atomic mass is 16.5. The first-order valence-corrected chi connectivity index (χ1v) is 6.05. The summed E-state index contributed by atoms with van der Waals surface area (Å²) in [6.45, 7) is 8.16. The molecule has 1 saturated heterocycles. The smallest absolute Gasteiger partial charge is 0.218 e. The molecule has 0 bridgehead atoms. The summed E-state index contributed by atoms with van der Waals surface area (Å²) >= 11 is 0. The van der Waals surface area contributed by atoms with Crippen molar-refractivity contribution in [3.05, 3.63) is 12.4 Å². The Balaban J connectivity index is 2.05. The molecule has 0 saturated carbocycles. The Labute approximate surface area is 102 Å². The van der Waals surface area contributed by atoms with E-state index in [2.05, 4.69) is 27.5 Å². The van der Waals surface area contributed by atoms with Crippen molar-refractivity contribution in [2.75, 3.05) is 18.4 Å². The summed E-state index contributed by atoms with van der Waals surface area (Å²) < 4.78 is 5.55.